The standard InChI is InChI=1S/C23H32O5/c1-12(21(27)28-4)15-5-6-16-20-17(11-19(26)23(15,16)3)22(2)8-7-14(24)9-13(22)10-18(20)25/h7-9,12,15-20,25-26H,5-6,10-11H2,1-4H3/t12?,15-,16+,17+,18?,19?,20+,22+,23-/m1/s1. The predicted octanol–water partition coefficient (Wildman–Crippen LogP) is 2.66. The third kappa shape index (κ3) is 2.51. The molecule has 3 saturated carbocycles. The summed E-state index contributed by atoms with van der Waals surface area (Å²) in [5, 5.41) is 22.5. The van der Waals surface area contributed by atoms with E-state index in [1.165, 1.54) is 7.11 Å². The van der Waals surface area contributed by atoms with Crippen LogP contribution < -0.4 is 0 Å². The number of carbonyl (C=O) groups is 2. The molecule has 0 saturated heterocycles. The summed E-state index contributed by atoms with van der Waals surface area (Å²) in [6.45, 7) is 6.15. The molecule has 0 spiro atoms. The van der Waals surface area contributed by atoms with Gasteiger partial charge in [0, 0.05) is 10.8 Å². The molecule has 0 aromatic rings. The summed E-state index contributed by atoms with van der Waals surface area (Å²) < 4.78 is 4.99. The normalized spacial score (nSPS) is 48.2. The second-order valence-electron chi connectivity index (χ2n) is 9.86. The summed E-state index contributed by atoms with van der Waals surface area (Å²) in [4.78, 5) is 24.1. The van der Waals surface area contributed by atoms with Gasteiger partial charge in [-0.2, -0.15) is 0 Å². The Morgan fingerprint density at radius 1 is 1.25 bits per heavy atom. The fourth-order valence-corrected chi connectivity index (χ4v) is 7.35. The van der Waals surface area contributed by atoms with Crippen molar-refractivity contribution in [3.05, 3.63) is 23.8 Å². The highest BCUT2D eigenvalue weighted by Gasteiger charge is 2.65. The van der Waals surface area contributed by atoms with Crippen LogP contribution in [0.2, 0.25) is 0 Å². The summed E-state index contributed by atoms with van der Waals surface area (Å²) in [7, 11) is 1.41. The number of rotatable bonds is 2. The van der Waals surface area contributed by atoms with Crippen LogP contribution in [-0.2, 0) is 14.3 Å². The van der Waals surface area contributed by atoms with Crippen molar-refractivity contribution in [2.75, 3.05) is 7.11 Å². The van der Waals surface area contributed by atoms with Crippen molar-refractivity contribution in [1.82, 2.24) is 0 Å². The van der Waals surface area contributed by atoms with Crippen LogP contribution in [-0.4, -0.2) is 41.3 Å². The molecule has 4 aliphatic rings. The van der Waals surface area contributed by atoms with E-state index in [0.717, 1.165) is 18.4 Å². The molecular weight excluding hydrogens is 356 g/mol. The van der Waals surface area contributed by atoms with Crippen LogP contribution in [0.25, 0.3) is 0 Å². The van der Waals surface area contributed by atoms with Crippen molar-refractivity contribution < 1.29 is 24.5 Å². The summed E-state index contributed by atoms with van der Waals surface area (Å²) in [6.07, 6.45) is 7.08. The quantitative estimate of drug-likeness (QED) is 0.711. The van der Waals surface area contributed by atoms with E-state index in [1.807, 2.05) is 13.0 Å². The fourth-order valence-electron chi connectivity index (χ4n) is 7.35. The number of ketones is 1. The van der Waals surface area contributed by atoms with E-state index in [1.54, 1.807) is 12.2 Å². The number of fused-ring (bicyclic) bond motifs is 5. The van der Waals surface area contributed by atoms with Crippen LogP contribution in [0.5, 0.6) is 0 Å². The maximum Gasteiger partial charge on any atom is 0.308 e. The number of esters is 1. The summed E-state index contributed by atoms with van der Waals surface area (Å²) in [6, 6.07) is 0. The maximum absolute atomic E-state index is 12.2. The molecule has 0 amide bonds. The summed E-state index contributed by atoms with van der Waals surface area (Å²) >= 11 is 0. The molecule has 0 bridgehead atoms. The van der Waals surface area contributed by atoms with E-state index >= 15 is 0 Å². The first-order valence-corrected chi connectivity index (χ1v) is 10.5. The number of ether oxygens (including phenoxy) is 1. The number of aliphatic hydroxyl groups excluding tert-OH is 2. The molecule has 0 aromatic heterocycles. The first-order chi connectivity index (χ1) is 13.1. The first kappa shape index (κ1) is 19.8. The van der Waals surface area contributed by atoms with Gasteiger partial charge in [-0.25, -0.2) is 0 Å². The van der Waals surface area contributed by atoms with E-state index in [-0.39, 0.29) is 46.8 Å². The molecule has 0 aliphatic heterocycles. The number of aliphatic hydroxyl groups is 2. The van der Waals surface area contributed by atoms with Gasteiger partial charge >= 0.3 is 5.97 Å². The lowest BCUT2D eigenvalue weighted by Crippen LogP contribution is -2.60. The average molecular weight is 389 g/mol. The lowest BCUT2D eigenvalue weighted by atomic mass is 9.46. The highest BCUT2D eigenvalue weighted by atomic mass is 16.5. The Morgan fingerprint density at radius 2 is 1.96 bits per heavy atom. The van der Waals surface area contributed by atoms with Crippen molar-refractivity contribution in [3.63, 3.8) is 0 Å². The molecule has 5 heteroatoms. The predicted molar refractivity (Wildman–Crippen MR) is 104 cm³/mol. The number of hydrogen-bond donors (Lipinski definition) is 2. The molecule has 0 radical (unpaired) electrons. The lowest BCUT2D eigenvalue weighted by Gasteiger charge is -2.60. The number of hydrogen-bond acceptors (Lipinski definition) is 5. The minimum atomic E-state index is -0.548. The SMILES string of the molecule is COC(=O)C(C)[C@H]1CC[C@H]2[C@@H]3C(O)CC4=CC(=O)C=C[C@]4(C)[C@H]3CC(O)[C@]12C. The monoisotopic (exact) mass is 388 g/mol. The van der Waals surface area contributed by atoms with Gasteiger partial charge < -0.3 is 14.9 Å². The van der Waals surface area contributed by atoms with Gasteiger partial charge in [0.25, 0.3) is 0 Å². The summed E-state index contributed by atoms with van der Waals surface area (Å²) in [5.41, 5.74) is 0.273. The first-order valence-electron chi connectivity index (χ1n) is 10.5. The Balaban J connectivity index is 1.72. The number of carbonyl (C=O) groups excluding carboxylic acids is 2. The van der Waals surface area contributed by atoms with E-state index in [9.17, 15) is 19.8 Å². The number of methoxy groups -OCH3 is 1. The molecule has 0 aromatic carbocycles. The number of allylic oxidation sites excluding steroid dienone is 3. The molecule has 0 heterocycles. The Bertz CT molecular complexity index is 754. The third-order valence-corrected chi connectivity index (χ3v) is 8.93. The van der Waals surface area contributed by atoms with Crippen LogP contribution in [0.15, 0.2) is 23.8 Å². The molecular formula is C23H32O5. The minimum absolute atomic E-state index is 0.0212. The van der Waals surface area contributed by atoms with Crippen LogP contribution in [0.4, 0.5) is 0 Å². The second kappa shape index (κ2) is 6.53. The minimum Gasteiger partial charge on any atom is -0.469 e. The molecule has 2 N–H and O–H groups in total. The van der Waals surface area contributed by atoms with Crippen molar-refractivity contribution in [2.45, 2.75) is 58.7 Å². The van der Waals surface area contributed by atoms with Crippen molar-refractivity contribution >= 4 is 11.8 Å². The van der Waals surface area contributed by atoms with E-state index in [0.29, 0.717) is 12.8 Å². The van der Waals surface area contributed by atoms with Gasteiger partial charge in [0.1, 0.15) is 0 Å². The van der Waals surface area contributed by atoms with E-state index < -0.39 is 17.6 Å². The topological polar surface area (TPSA) is 83.8 Å². The van der Waals surface area contributed by atoms with Gasteiger partial charge in [0.15, 0.2) is 5.78 Å². The average Bonchev–Trinajstić information content (AvgIpc) is 3.01. The van der Waals surface area contributed by atoms with Crippen LogP contribution in [0.3, 0.4) is 0 Å². The zero-order chi connectivity index (χ0) is 20.4. The molecule has 154 valence electrons. The second-order valence-corrected chi connectivity index (χ2v) is 9.86. The Kier molecular flexibility index (Phi) is 4.63. The van der Waals surface area contributed by atoms with Gasteiger partial charge in [0.2, 0.25) is 0 Å². The van der Waals surface area contributed by atoms with E-state index in [4.69, 9.17) is 4.74 Å². The van der Waals surface area contributed by atoms with Gasteiger partial charge in [-0.05, 0) is 61.5 Å². The fraction of sp³-hybridized carbons (Fsp3) is 0.739. The lowest BCUT2D eigenvalue weighted by molar-refractivity contribution is -0.168. The summed E-state index contributed by atoms with van der Waals surface area (Å²) in [5.74, 6) is -0.178. The van der Waals surface area contributed by atoms with Crippen LogP contribution in [0.1, 0.15) is 46.5 Å². The molecule has 3 unspecified atom stereocenters. The molecule has 4 aliphatic carbocycles. The van der Waals surface area contributed by atoms with Gasteiger partial charge in [0.05, 0.1) is 25.2 Å². The molecule has 28 heavy (non-hydrogen) atoms. The van der Waals surface area contributed by atoms with Crippen molar-refractivity contribution in [2.24, 2.45) is 40.4 Å². The zero-order valence-corrected chi connectivity index (χ0v) is 17.2. The maximum atomic E-state index is 12.2. The smallest absolute Gasteiger partial charge is 0.308 e. The molecule has 5 nitrogen and oxygen atoms in total. The van der Waals surface area contributed by atoms with Crippen LogP contribution in [0, 0.1) is 40.4 Å². The molecule has 9 atom stereocenters. The molecule has 3 fully saturated rings. The highest BCUT2D eigenvalue weighted by molar-refractivity contribution is 6.01. The van der Waals surface area contributed by atoms with Crippen molar-refractivity contribution in [3.8, 4) is 0 Å². The van der Waals surface area contributed by atoms with Gasteiger partial charge in [-0.1, -0.05) is 32.4 Å². The van der Waals surface area contributed by atoms with Crippen molar-refractivity contribution in [1.29, 1.82) is 0 Å². The Labute approximate surface area is 166 Å². The van der Waals surface area contributed by atoms with Crippen LogP contribution >= 0.6 is 0 Å². The van der Waals surface area contributed by atoms with Gasteiger partial charge in [-0.15, -0.1) is 0 Å². The Morgan fingerprint density at radius 3 is 2.64 bits per heavy atom. The largest absolute Gasteiger partial charge is 0.469 e. The Hall–Kier alpha value is -1.46. The van der Waals surface area contributed by atoms with E-state index in [2.05, 4.69) is 13.8 Å². The zero-order valence-electron chi connectivity index (χ0n) is 17.2. The molecule has 4 rings (SSSR count). The highest BCUT2D eigenvalue weighted by Crippen LogP contribution is 2.66. The third-order valence-electron chi connectivity index (χ3n) is 8.93. The van der Waals surface area contributed by atoms with Gasteiger partial charge in [-0.3, -0.25) is 9.59 Å².